The zero-order chi connectivity index (χ0) is 46.2. The Balaban J connectivity index is 0.839. The minimum Gasteiger partial charge on any atom is -0.478 e. The summed E-state index contributed by atoms with van der Waals surface area (Å²) in [5, 5.41) is 20.6. The fourth-order valence-corrected chi connectivity index (χ4v) is 10.2. The third-order valence-electron chi connectivity index (χ3n) is 13.4. The quantitative estimate of drug-likeness (QED) is 0.0472. The molecule has 0 aliphatic carbocycles. The summed E-state index contributed by atoms with van der Waals surface area (Å²) in [6.07, 6.45) is 9.23. The molecule has 2 unspecified atom stereocenters. The van der Waals surface area contributed by atoms with E-state index in [4.69, 9.17) is 37.4 Å². The Hall–Kier alpha value is -4.57. The van der Waals surface area contributed by atoms with Gasteiger partial charge in [-0.25, -0.2) is 18.7 Å². The molecule has 354 valence electrons. The number of amides is 1. The van der Waals surface area contributed by atoms with Crippen molar-refractivity contribution in [1.29, 1.82) is 0 Å². The first-order valence-corrected chi connectivity index (χ1v) is 24.0. The number of rotatable bonds is 16. The molecule has 8 rings (SSSR count). The second-order valence-corrected chi connectivity index (χ2v) is 19.7. The van der Waals surface area contributed by atoms with E-state index in [1.807, 2.05) is 6.07 Å². The summed E-state index contributed by atoms with van der Waals surface area (Å²) in [6, 6.07) is 13.4. The standard InChI is InChI=1S/C50H62Cl2F2N8O4/c1-30(65-29-61-47-19-38(40(51)27-59-47)33-6-8-42(53)44(17-33)57-22-31-10-13-64-14-11-31)36-16-37(26-56-25-36)46-15-32(21-50(2,3)66-46)23-58-45-18-34(7-9-43(45)54)39-20-48(60-28-41(39)52)62-49(63)35-5-4-12-55-24-35/h6-9,17-20,27-28,31-32,35-37,46,55-58H,1,4-5,10-16,21-26,29H2,2-3H3,(H,59,61)(H,60,62,63)/t32-,35-,36-,37?,46?/m1/s1. The lowest BCUT2D eigenvalue weighted by atomic mass is 9.77. The van der Waals surface area contributed by atoms with Gasteiger partial charge in [-0.05, 0) is 131 Å². The minimum absolute atomic E-state index is 0.0210. The molecule has 4 fully saturated rings. The van der Waals surface area contributed by atoms with Gasteiger partial charge in [0.1, 0.15) is 23.3 Å². The molecule has 2 aromatic heterocycles. The number of nitrogens with one attached hydrogen (secondary N) is 6. The number of ether oxygens (including phenoxy) is 3. The smallest absolute Gasteiger partial charge is 0.229 e. The van der Waals surface area contributed by atoms with E-state index >= 15 is 4.39 Å². The van der Waals surface area contributed by atoms with Gasteiger partial charge in [-0.1, -0.05) is 41.9 Å². The number of anilines is 4. The normalized spacial score (nSPS) is 23.4. The van der Waals surface area contributed by atoms with Crippen LogP contribution in [-0.2, 0) is 19.0 Å². The molecular formula is C50H62Cl2F2N8O4. The van der Waals surface area contributed by atoms with Crippen molar-refractivity contribution in [3.05, 3.63) is 94.9 Å². The molecule has 6 N–H and O–H groups in total. The maximum absolute atomic E-state index is 15.4. The SMILES string of the molecule is C=C(OCNc1cc(-c2ccc(F)c(NCC3CCOCC3)c2)c(Cl)cn1)[C@H]1CNCC(C2C[C@@H](CNc3cc(-c4cc(NC(=O)[C@@H]5CCCNC5)ncc4Cl)ccc3F)CC(C)(C)O2)C1. The van der Waals surface area contributed by atoms with Gasteiger partial charge in [0.15, 0.2) is 6.73 Å². The van der Waals surface area contributed by atoms with Crippen molar-refractivity contribution in [3.63, 3.8) is 0 Å². The summed E-state index contributed by atoms with van der Waals surface area (Å²) in [7, 11) is 0. The van der Waals surface area contributed by atoms with Crippen LogP contribution >= 0.6 is 23.2 Å². The van der Waals surface area contributed by atoms with E-state index in [2.05, 4.69) is 62.3 Å². The number of piperidine rings is 2. The minimum atomic E-state index is -0.375. The second-order valence-electron chi connectivity index (χ2n) is 18.8. The molecule has 5 atom stereocenters. The average molecular weight is 948 g/mol. The predicted octanol–water partition coefficient (Wildman–Crippen LogP) is 9.98. The van der Waals surface area contributed by atoms with E-state index in [9.17, 15) is 9.18 Å². The Morgan fingerprint density at radius 2 is 1.45 bits per heavy atom. The molecule has 6 heterocycles. The van der Waals surface area contributed by atoms with E-state index in [0.717, 1.165) is 88.9 Å². The Kier molecular flexibility index (Phi) is 16.0. The van der Waals surface area contributed by atoms with Crippen molar-refractivity contribution in [2.45, 2.75) is 70.5 Å². The molecule has 4 aliphatic rings. The Labute approximate surface area is 396 Å². The number of hydrogen-bond donors (Lipinski definition) is 6. The molecule has 4 aromatic rings. The van der Waals surface area contributed by atoms with Gasteiger partial charge in [0.25, 0.3) is 0 Å². The zero-order valence-electron chi connectivity index (χ0n) is 37.8. The maximum atomic E-state index is 15.4. The van der Waals surface area contributed by atoms with Crippen molar-refractivity contribution < 1.29 is 27.8 Å². The lowest BCUT2D eigenvalue weighted by Gasteiger charge is -2.45. The molecule has 1 amide bonds. The number of nitrogens with zero attached hydrogens (tertiary/aromatic N) is 2. The fourth-order valence-electron chi connectivity index (χ4n) is 9.79. The third-order valence-corrected chi connectivity index (χ3v) is 14.0. The van der Waals surface area contributed by atoms with Gasteiger partial charge in [0.05, 0.1) is 44.8 Å². The summed E-state index contributed by atoms with van der Waals surface area (Å²) < 4.78 is 48.6. The van der Waals surface area contributed by atoms with Crippen LogP contribution in [-0.4, -0.2) is 86.8 Å². The van der Waals surface area contributed by atoms with Gasteiger partial charge in [0.2, 0.25) is 5.91 Å². The largest absolute Gasteiger partial charge is 0.478 e. The molecular weight excluding hydrogens is 886 g/mol. The number of pyridine rings is 2. The fraction of sp³-hybridized carbons (Fsp3) is 0.500. The maximum Gasteiger partial charge on any atom is 0.229 e. The van der Waals surface area contributed by atoms with Crippen LogP contribution in [0.1, 0.15) is 58.8 Å². The summed E-state index contributed by atoms with van der Waals surface area (Å²) >= 11 is 13.2. The summed E-state index contributed by atoms with van der Waals surface area (Å²) in [6.45, 7) is 14.5. The van der Waals surface area contributed by atoms with Crippen LogP contribution in [0, 0.1) is 41.2 Å². The van der Waals surface area contributed by atoms with E-state index in [1.165, 1.54) is 18.3 Å². The van der Waals surface area contributed by atoms with Crippen molar-refractivity contribution in [1.82, 2.24) is 20.6 Å². The van der Waals surface area contributed by atoms with Crippen LogP contribution in [0.3, 0.4) is 0 Å². The summed E-state index contributed by atoms with van der Waals surface area (Å²) in [5.74, 6) is 1.70. The van der Waals surface area contributed by atoms with E-state index in [1.54, 1.807) is 36.5 Å². The number of carbonyl (C=O) groups excluding carboxylic acids is 1. The van der Waals surface area contributed by atoms with Crippen LogP contribution < -0.4 is 31.9 Å². The molecule has 0 bridgehead atoms. The highest BCUT2D eigenvalue weighted by Gasteiger charge is 2.40. The molecule has 0 spiro atoms. The molecule has 4 saturated heterocycles. The molecule has 2 aromatic carbocycles. The Bertz CT molecular complexity index is 2330. The molecule has 12 nitrogen and oxygen atoms in total. The van der Waals surface area contributed by atoms with Gasteiger partial charge in [-0.15, -0.1) is 0 Å². The number of aromatic nitrogens is 2. The van der Waals surface area contributed by atoms with Crippen molar-refractivity contribution in [2.75, 3.05) is 80.5 Å². The van der Waals surface area contributed by atoms with Crippen LogP contribution in [0.2, 0.25) is 10.0 Å². The molecule has 4 aliphatic heterocycles. The second kappa shape index (κ2) is 22.0. The third kappa shape index (κ3) is 12.5. The van der Waals surface area contributed by atoms with Gasteiger partial charge in [-0.2, -0.15) is 0 Å². The van der Waals surface area contributed by atoms with E-state index in [-0.39, 0.29) is 59.6 Å². The lowest BCUT2D eigenvalue weighted by Crippen LogP contribution is -2.49. The topological polar surface area (TPSA) is 143 Å². The van der Waals surface area contributed by atoms with Crippen molar-refractivity contribution in [3.8, 4) is 22.3 Å². The number of carbonyl (C=O) groups is 1. The highest BCUT2D eigenvalue weighted by Crippen LogP contribution is 2.40. The highest BCUT2D eigenvalue weighted by atomic mass is 35.5. The first-order chi connectivity index (χ1) is 31.9. The van der Waals surface area contributed by atoms with Gasteiger partial charge < -0.3 is 46.1 Å². The molecule has 0 radical (unpaired) electrons. The summed E-state index contributed by atoms with van der Waals surface area (Å²) in [5.41, 5.74) is 3.31. The monoisotopic (exact) mass is 946 g/mol. The molecule has 16 heteroatoms. The van der Waals surface area contributed by atoms with Gasteiger partial charge in [0, 0.05) is 75.4 Å². The Morgan fingerprint density at radius 1 is 0.818 bits per heavy atom. The number of hydrogen-bond acceptors (Lipinski definition) is 11. The molecule has 0 saturated carbocycles. The van der Waals surface area contributed by atoms with Crippen LogP contribution in [0.15, 0.2) is 73.3 Å². The number of halogens is 4. The van der Waals surface area contributed by atoms with Crippen LogP contribution in [0.25, 0.3) is 22.3 Å². The number of benzene rings is 2. The first kappa shape index (κ1) is 47.9. The molecule has 66 heavy (non-hydrogen) atoms. The average Bonchev–Trinajstić information content (AvgIpc) is 3.32. The zero-order valence-corrected chi connectivity index (χ0v) is 39.3. The van der Waals surface area contributed by atoms with E-state index < -0.39 is 0 Å². The summed E-state index contributed by atoms with van der Waals surface area (Å²) in [4.78, 5) is 21.7. The Morgan fingerprint density at radius 3 is 2.12 bits per heavy atom. The van der Waals surface area contributed by atoms with Gasteiger partial charge in [-0.3, -0.25) is 4.79 Å². The van der Waals surface area contributed by atoms with Gasteiger partial charge >= 0.3 is 0 Å². The van der Waals surface area contributed by atoms with Crippen molar-refractivity contribution in [2.24, 2.45) is 29.6 Å². The van der Waals surface area contributed by atoms with Crippen molar-refractivity contribution >= 4 is 52.1 Å². The van der Waals surface area contributed by atoms with Crippen LogP contribution in [0.5, 0.6) is 0 Å². The predicted molar refractivity (Wildman–Crippen MR) is 259 cm³/mol. The highest BCUT2D eigenvalue weighted by molar-refractivity contribution is 6.33. The van der Waals surface area contributed by atoms with Crippen LogP contribution in [0.4, 0.5) is 31.8 Å². The van der Waals surface area contributed by atoms with E-state index in [0.29, 0.717) is 75.5 Å². The first-order valence-electron chi connectivity index (χ1n) is 23.3. The lowest BCUT2D eigenvalue weighted by molar-refractivity contribution is -0.148.